The van der Waals surface area contributed by atoms with Gasteiger partial charge in [-0.05, 0) is 23.8 Å². The van der Waals surface area contributed by atoms with Crippen LogP contribution in [0, 0.1) is 0 Å². The van der Waals surface area contributed by atoms with Gasteiger partial charge in [-0.1, -0.05) is 0 Å². The normalized spacial score (nSPS) is 12.3. The second-order valence-corrected chi connectivity index (χ2v) is 3.61. The first-order chi connectivity index (χ1) is 7.10. The average molecular weight is 210 g/mol. The first-order valence-electron chi connectivity index (χ1n) is 4.81. The molecule has 4 nitrogen and oxygen atoms in total. The highest BCUT2D eigenvalue weighted by Crippen LogP contribution is 2.27. The van der Waals surface area contributed by atoms with E-state index in [0.29, 0.717) is 0 Å². The number of nitrogens with zero attached hydrogens (tertiary/aromatic N) is 1. The summed E-state index contributed by atoms with van der Waals surface area (Å²) in [5.74, 6) is 0.750. The van der Waals surface area contributed by atoms with E-state index in [1.807, 2.05) is 37.2 Å². The zero-order valence-corrected chi connectivity index (χ0v) is 9.40. The van der Waals surface area contributed by atoms with Crippen molar-refractivity contribution in [2.75, 3.05) is 32.7 Å². The molecule has 84 valence electrons. The van der Waals surface area contributed by atoms with Crippen LogP contribution in [0.4, 0.5) is 5.69 Å². The van der Waals surface area contributed by atoms with Crippen molar-refractivity contribution in [3.63, 3.8) is 0 Å². The van der Waals surface area contributed by atoms with Gasteiger partial charge in [-0.2, -0.15) is 0 Å². The van der Waals surface area contributed by atoms with E-state index >= 15 is 0 Å². The van der Waals surface area contributed by atoms with Gasteiger partial charge in [0.25, 0.3) is 0 Å². The van der Waals surface area contributed by atoms with Gasteiger partial charge in [0.2, 0.25) is 0 Å². The summed E-state index contributed by atoms with van der Waals surface area (Å²) in [5.41, 5.74) is 7.71. The molecule has 4 heteroatoms. The number of anilines is 1. The minimum absolute atomic E-state index is 0.0754. The molecule has 15 heavy (non-hydrogen) atoms. The molecule has 1 rings (SSSR count). The zero-order valence-electron chi connectivity index (χ0n) is 9.40. The lowest BCUT2D eigenvalue weighted by Gasteiger charge is -2.21. The van der Waals surface area contributed by atoms with Gasteiger partial charge < -0.3 is 20.5 Å². The lowest BCUT2D eigenvalue weighted by molar-refractivity contribution is 0.268. The van der Waals surface area contributed by atoms with Crippen molar-refractivity contribution in [1.82, 2.24) is 0 Å². The molecule has 3 N–H and O–H groups in total. The molecule has 0 saturated carbocycles. The molecule has 0 amide bonds. The number of rotatable bonds is 4. The van der Waals surface area contributed by atoms with Crippen molar-refractivity contribution in [2.45, 2.75) is 6.04 Å². The fourth-order valence-electron chi connectivity index (χ4n) is 1.46. The Morgan fingerprint density at radius 3 is 2.60 bits per heavy atom. The number of methoxy groups -OCH3 is 1. The number of aliphatic hydroxyl groups is 1. The Balaban J connectivity index is 3.16. The summed E-state index contributed by atoms with van der Waals surface area (Å²) >= 11 is 0. The molecular weight excluding hydrogens is 192 g/mol. The predicted molar refractivity (Wildman–Crippen MR) is 61.3 cm³/mol. The molecule has 1 aromatic rings. The van der Waals surface area contributed by atoms with Gasteiger partial charge >= 0.3 is 0 Å². The molecule has 0 bridgehead atoms. The number of hydrogen-bond acceptors (Lipinski definition) is 4. The highest BCUT2D eigenvalue weighted by Gasteiger charge is 2.12. The number of aliphatic hydroxyl groups excluding tert-OH is 1. The van der Waals surface area contributed by atoms with Crippen LogP contribution < -0.4 is 15.4 Å². The summed E-state index contributed by atoms with van der Waals surface area (Å²) in [6.07, 6.45) is 0. The van der Waals surface area contributed by atoms with E-state index in [-0.39, 0.29) is 12.6 Å². The fraction of sp³-hybridized carbons (Fsp3) is 0.455. The third kappa shape index (κ3) is 2.61. The Kier molecular flexibility index (Phi) is 3.94. The quantitative estimate of drug-likeness (QED) is 0.770. The first kappa shape index (κ1) is 11.8. The minimum Gasteiger partial charge on any atom is -0.497 e. The lowest BCUT2D eigenvalue weighted by atomic mass is 10.0. The highest BCUT2D eigenvalue weighted by molar-refractivity contribution is 5.56. The van der Waals surface area contributed by atoms with Gasteiger partial charge in [0, 0.05) is 19.8 Å². The molecule has 0 fully saturated rings. The van der Waals surface area contributed by atoms with E-state index in [1.54, 1.807) is 7.11 Å². The highest BCUT2D eigenvalue weighted by atomic mass is 16.5. The molecule has 0 radical (unpaired) electrons. The van der Waals surface area contributed by atoms with Gasteiger partial charge in [0.15, 0.2) is 0 Å². The monoisotopic (exact) mass is 210 g/mol. The maximum absolute atomic E-state index is 9.07. The third-order valence-corrected chi connectivity index (χ3v) is 2.31. The maximum Gasteiger partial charge on any atom is 0.119 e. The molecule has 0 saturated heterocycles. The minimum atomic E-state index is -0.377. The predicted octanol–water partition coefficient (Wildman–Crippen LogP) is 0.753. The van der Waals surface area contributed by atoms with Crippen molar-refractivity contribution in [1.29, 1.82) is 0 Å². The summed E-state index contributed by atoms with van der Waals surface area (Å²) < 4.78 is 5.13. The van der Waals surface area contributed by atoms with Crippen molar-refractivity contribution in [2.24, 2.45) is 5.73 Å². The largest absolute Gasteiger partial charge is 0.497 e. The van der Waals surface area contributed by atoms with E-state index in [4.69, 9.17) is 15.6 Å². The van der Waals surface area contributed by atoms with Crippen LogP contribution in [-0.4, -0.2) is 32.9 Å². The standard InChI is InChI=1S/C11H18N2O2/c1-13(2)11-5-4-8(15-3)6-9(11)10(12)7-14/h4-6,10,14H,7,12H2,1-3H3. The van der Waals surface area contributed by atoms with Gasteiger partial charge in [0.05, 0.1) is 19.8 Å². The van der Waals surface area contributed by atoms with Crippen molar-refractivity contribution in [3.8, 4) is 5.75 Å². The summed E-state index contributed by atoms with van der Waals surface area (Å²) in [6, 6.07) is 5.29. The van der Waals surface area contributed by atoms with Crippen LogP contribution in [-0.2, 0) is 0 Å². The van der Waals surface area contributed by atoms with E-state index in [9.17, 15) is 0 Å². The summed E-state index contributed by atoms with van der Waals surface area (Å²) in [5, 5.41) is 9.07. The molecule has 0 aliphatic heterocycles. The van der Waals surface area contributed by atoms with E-state index in [1.165, 1.54) is 0 Å². The SMILES string of the molecule is COc1ccc(N(C)C)c(C(N)CO)c1. The van der Waals surface area contributed by atoms with Crippen LogP contribution in [0.5, 0.6) is 5.75 Å². The first-order valence-corrected chi connectivity index (χ1v) is 4.81. The topological polar surface area (TPSA) is 58.7 Å². The Morgan fingerprint density at radius 2 is 2.13 bits per heavy atom. The zero-order chi connectivity index (χ0) is 11.4. The molecular formula is C11H18N2O2. The van der Waals surface area contributed by atoms with Crippen molar-refractivity contribution >= 4 is 5.69 Å². The average Bonchev–Trinajstić information content (AvgIpc) is 2.26. The molecule has 1 atom stereocenters. The Bertz CT molecular complexity index is 326. The second-order valence-electron chi connectivity index (χ2n) is 3.61. The molecule has 0 aromatic heterocycles. The van der Waals surface area contributed by atoms with E-state index in [0.717, 1.165) is 17.0 Å². The second kappa shape index (κ2) is 5.00. The van der Waals surface area contributed by atoms with Crippen molar-refractivity contribution < 1.29 is 9.84 Å². The third-order valence-electron chi connectivity index (χ3n) is 2.31. The molecule has 1 aromatic carbocycles. The molecule has 0 aliphatic rings. The molecule has 0 aliphatic carbocycles. The lowest BCUT2D eigenvalue weighted by Crippen LogP contribution is -2.19. The van der Waals surface area contributed by atoms with Crippen LogP contribution in [0.25, 0.3) is 0 Å². The summed E-state index contributed by atoms with van der Waals surface area (Å²) in [4.78, 5) is 1.96. The number of ether oxygens (including phenoxy) is 1. The van der Waals surface area contributed by atoms with Crippen LogP contribution >= 0.6 is 0 Å². The van der Waals surface area contributed by atoms with Gasteiger partial charge in [-0.25, -0.2) is 0 Å². The van der Waals surface area contributed by atoms with E-state index < -0.39 is 0 Å². The Labute approximate surface area is 90.3 Å². The number of nitrogens with two attached hydrogens (primary N) is 1. The van der Waals surface area contributed by atoms with Crippen LogP contribution in [0.3, 0.4) is 0 Å². The number of benzene rings is 1. The number of hydrogen-bond donors (Lipinski definition) is 2. The van der Waals surface area contributed by atoms with Crippen LogP contribution in [0.1, 0.15) is 11.6 Å². The Morgan fingerprint density at radius 1 is 1.47 bits per heavy atom. The Hall–Kier alpha value is -1.26. The fourth-order valence-corrected chi connectivity index (χ4v) is 1.46. The van der Waals surface area contributed by atoms with Crippen LogP contribution in [0.15, 0.2) is 18.2 Å². The molecule has 0 heterocycles. The van der Waals surface area contributed by atoms with Gasteiger partial charge in [0.1, 0.15) is 5.75 Å². The summed E-state index contributed by atoms with van der Waals surface area (Å²) in [6.45, 7) is -0.0754. The smallest absolute Gasteiger partial charge is 0.119 e. The maximum atomic E-state index is 9.07. The van der Waals surface area contributed by atoms with Crippen molar-refractivity contribution in [3.05, 3.63) is 23.8 Å². The molecule has 1 unspecified atom stereocenters. The summed E-state index contributed by atoms with van der Waals surface area (Å²) in [7, 11) is 5.49. The van der Waals surface area contributed by atoms with Crippen LogP contribution in [0.2, 0.25) is 0 Å². The molecule has 0 spiro atoms. The van der Waals surface area contributed by atoms with Gasteiger partial charge in [-0.3, -0.25) is 0 Å². The van der Waals surface area contributed by atoms with E-state index in [2.05, 4.69) is 0 Å². The van der Waals surface area contributed by atoms with Gasteiger partial charge in [-0.15, -0.1) is 0 Å².